The lowest BCUT2D eigenvalue weighted by molar-refractivity contribution is 0.0203. The van der Waals surface area contributed by atoms with Crippen molar-refractivity contribution >= 4 is 17.7 Å². The number of piperidine rings is 1. The number of likely N-dealkylation sites (tertiary alicyclic amines) is 1. The first-order valence-corrected chi connectivity index (χ1v) is 10.7. The van der Waals surface area contributed by atoms with E-state index in [1.807, 2.05) is 51.1 Å². The molecule has 0 N–H and O–H groups in total. The van der Waals surface area contributed by atoms with Crippen LogP contribution in [0.2, 0.25) is 5.02 Å². The Morgan fingerprint density at radius 1 is 1.17 bits per heavy atom. The third-order valence-electron chi connectivity index (χ3n) is 5.36. The van der Waals surface area contributed by atoms with Crippen molar-refractivity contribution in [3.8, 4) is 11.6 Å². The molecule has 1 fully saturated rings. The number of ether oxygens (including phenoxy) is 3. The summed E-state index contributed by atoms with van der Waals surface area (Å²) >= 11 is 5.98. The summed E-state index contributed by atoms with van der Waals surface area (Å²) in [6, 6.07) is 9.57. The van der Waals surface area contributed by atoms with Crippen molar-refractivity contribution in [1.82, 2.24) is 9.88 Å². The topological polar surface area (TPSA) is 60.9 Å². The second-order valence-electron chi connectivity index (χ2n) is 8.75. The molecule has 2 aliphatic rings. The molecule has 1 saturated heterocycles. The molecule has 0 spiro atoms. The molecule has 3 heterocycles. The van der Waals surface area contributed by atoms with Crippen molar-refractivity contribution < 1.29 is 19.0 Å². The van der Waals surface area contributed by atoms with Crippen LogP contribution in [0.5, 0.6) is 11.6 Å². The summed E-state index contributed by atoms with van der Waals surface area (Å²) in [5.41, 5.74) is 1.62. The van der Waals surface area contributed by atoms with E-state index in [4.69, 9.17) is 25.8 Å². The Kier molecular flexibility index (Phi) is 5.78. The van der Waals surface area contributed by atoms with E-state index in [9.17, 15) is 4.79 Å². The van der Waals surface area contributed by atoms with E-state index in [1.54, 1.807) is 11.1 Å². The lowest BCUT2D eigenvalue weighted by atomic mass is 9.89. The highest BCUT2D eigenvalue weighted by Gasteiger charge is 2.32. The molecule has 4 rings (SSSR count). The van der Waals surface area contributed by atoms with Crippen LogP contribution in [0.15, 0.2) is 36.5 Å². The molecular weight excluding hydrogens is 404 g/mol. The summed E-state index contributed by atoms with van der Waals surface area (Å²) in [7, 11) is 0. The van der Waals surface area contributed by atoms with Gasteiger partial charge in [-0.05, 0) is 63.3 Å². The van der Waals surface area contributed by atoms with Gasteiger partial charge in [-0.15, -0.1) is 0 Å². The van der Waals surface area contributed by atoms with Crippen molar-refractivity contribution in [3.63, 3.8) is 0 Å². The van der Waals surface area contributed by atoms with Gasteiger partial charge in [-0.1, -0.05) is 23.7 Å². The number of carbonyl (C=O) groups is 1. The van der Waals surface area contributed by atoms with E-state index in [2.05, 4.69) is 4.98 Å². The monoisotopic (exact) mass is 430 g/mol. The molecule has 2 aromatic rings. The van der Waals surface area contributed by atoms with Crippen molar-refractivity contribution in [2.45, 2.75) is 51.2 Å². The number of hydrogen-bond acceptors (Lipinski definition) is 5. The van der Waals surface area contributed by atoms with Crippen molar-refractivity contribution in [3.05, 3.63) is 52.7 Å². The molecule has 0 unspecified atom stereocenters. The van der Waals surface area contributed by atoms with Gasteiger partial charge in [0, 0.05) is 29.9 Å². The maximum atomic E-state index is 12.3. The number of carbonyl (C=O) groups excluding carboxylic acids is 1. The van der Waals surface area contributed by atoms with Crippen LogP contribution in [-0.2, 0) is 4.74 Å². The summed E-state index contributed by atoms with van der Waals surface area (Å²) in [4.78, 5) is 18.5. The summed E-state index contributed by atoms with van der Waals surface area (Å²) in [6.07, 6.45) is 3.00. The van der Waals surface area contributed by atoms with Gasteiger partial charge in [-0.2, -0.15) is 0 Å². The molecule has 30 heavy (non-hydrogen) atoms. The molecule has 1 aromatic heterocycles. The highest BCUT2D eigenvalue weighted by Crippen LogP contribution is 2.43. The van der Waals surface area contributed by atoms with Crippen LogP contribution < -0.4 is 9.47 Å². The Morgan fingerprint density at radius 3 is 2.53 bits per heavy atom. The molecule has 0 aliphatic carbocycles. The van der Waals surface area contributed by atoms with Crippen molar-refractivity contribution in [2.75, 3.05) is 19.7 Å². The van der Waals surface area contributed by atoms with Crippen molar-refractivity contribution in [1.29, 1.82) is 0 Å². The normalized spacial score (nSPS) is 19.5. The number of amides is 1. The lowest BCUT2D eigenvalue weighted by Gasteiger charge is -2.35. The van der Waals surface area contributed by atoms with E-state index >= 15 is 0 Å². The third-order valence-corrected chi connectivity index (χ3v) is 5.62. The minimum absolute atomic E-state index is 0.216. The first-order valence-electron chi connectivity index (χ1n) is 10.3. The van der Waals surface area contributed by atoms with E-state index in [0.717, 1.165) is 29.7 Å². The Labute approximate surface area is 182 Å². The third kappa shape index (κ3) is 4.64. The average Bonchev–Trinajstić information content (AvgIpc) is 2.72. The predicted octanol–water partition coefficient (Wildman–Crippen LogP) is 5.36. The van der Waals surface area contributed by atoms with Gasteiger partial charge in [0.2, 0.25) is 0 Å². The lowest BCUT2D eigenvalue weighted by Crippen LogP contribution is -2.41. The van der Waals surface area contributed by atoms with Crippen LogP contribution in [0, 0.1) is 0 Å². The van der Waals surface area contributed by atoms with Gasteiger partial charge in [0.25, 0.3) is 5.88 Å². The minimum Gasteiger partial charge on any atom is -0.483 e. The number of pyridine rings is 1. The van der Waals surface area contributed by atoms with Gasteiger partial charge >= 0.3 is 6.09 Å². The SMILES string of the molecule is CC(C)(C)OC(=O)N1CCC(c2ccnc3c2OC[C@@H](c2ccc(Cl)cc2)O3)CC1. The maximum Gasteiger partial charge on any atom is 0.410 e. The average molecular weight is 431 g/mol. The van der Waals surface area contributed by atoms with Crippen LogP contribution in [0.3, 0.4) is 0 Å². The molecule has 160 valence electrons. The zero-order valence-electron chi connectivity index (χ0n) is 17.6. The Bertz CT molecular complexity index is 902. The summed E-state index contributed by atoms with van der Waals surface area (Å²) < 4.78 is 17.8. The summed E-state index contributed by atoms with van der Waals surface area (Å²) in [6.45, 7) is 7.39. The second kappa shape index (κ2) is 8.34. The first kappa shape index (κ1) is 20.8. The molecule has 7 heteroatoms. The quantitative estimate of drug-likeness (QED) is 0.641. The maximum absolute atomic E-state index is 12.3. The first-order chi connectivity index (χ1) is 14.3. The number of aromatic nitrogens is 1. The van der Waals surface area contributed by atoms with Gasteiger partial charge in [-0.25, -0.2) is 9.78 Å². The van der Waals surface area contributed by atoms with E-state index in [1.165, 1.54) is 0 Å². The van der Waals surface area contributed by atoms with Crippen molar-refractivity contribution in [2.24, 2.45) is 0 Å². The van der Waals surface area contributed by atoms with Crippen LogP contribution in [0.25, 0.3) is 0 Å². The molecule has 0 saturated carbocycles. The van der Waals surface area contributed by atoms with Crippen LogP contribution >= 0.6 is 11.6 Å². The van der Waals surface area contributed by atoms with Gasteiger partial charge < -0.3 is 19.1 Å². The summed E-state index contributed by atoms with van der Waals surface area (Å²) in [5, 5.41) is 0.689. The number of benzene rings is 1. The molecule has 0 bridgehead atoms. The highest BCUT2D eigenvalue weighted by atomic mass is 35.5. The van der Waals surface area contributed by atoms with Crippen LogP contribution in [0.1, 0.15) is 56.8 Å². The fourth-order valence-corrected chi connectivity index (χ4v) is 3.99. The largest absolute Gasteiger partial charge is 0.483 e. The fraction of sp³-hybridized carbons (Fsp3) is 0.478. The van der Waals surface area contributed by atoms with Crippen LogP contribution in [0.4, 0.5) is 4.79 Å². The number of hydrogen-bond donors (Lipinski definition) is 0. The number of halogens is 1. The smallest absolute Gasteiger partial charge is 0.410 e. The molecule has 2 aliphatic heterocycles. The predicted molar refractivity (Wildman–Crippen MR) is 114 cm³/mol. The van der Waals surface area contributed by atoms with E-state index in [-0.39, 0.29) is 18.1 Å². The Balaban J connectivity index is 1.43. The van der Waals surface area contributed by atoms with Gasteiger partial charge in [-0.3, -0.25) is 0 Å². The van der Waals surface area contributed by atoms with Crippen LogP contribution in [-0.4, -0.2) is 41.3 Å². The number of nitrogens with zero attached hydrogens (tertiary/aromatic N) is 2. The highest BCUT2D eigenvalue weighted by molar-refractivity contribution is 6.30. The fourth-order valence-electron chi connectivity index (χ4n) is 3.86. The zero-order chi connectivity index (χ0) is 21.3. The van der Waals surface area contributed by atoms with Gasteiger partial charge in [0.1, 0.15) is 12.2 Å². The number of rotatable bonds is 2. The van der Waals surface area contributed by atoms with E-state index in [0.29, 0.717) is 30.6 Å². The standard InChI is InChI=1S/C23H27ClN2O4/c1-23(2,3)30-22(27)26-12-9-15(10-13-26)18-8-11-25-21-20(18)28-14-19(29-21)16-4-6-17(24)7-5-16/h4-8,11,15,19H,9-10,12-14H2,1-3H3/t19-/m0/s1. The minimum atomic E-state index is -0.482. The Morgan fingerprint density at radius 2 is 1.87 bits per heavy atom. The summed E-state index contributed by atoms with van der Waals surface area (Å²) in [5.74, 6) is 1.53. The molecule has 1 amide bonds. The zero-order valence-corrected chi connectivity index (χ0v) is 18.3. The Hall–Kier alpha value is -2.47. The molecule has 1 aromatic carbocycles. The molecule has 1 atom stereocenters. The van der Waals surface area contributed by atoms with Gasteiger partial charge in [0.15, 0.2) is 11.9 Å². The van der Waals surface area contributed by atoms with E-state index < -0.39 is 5.60 Å². The molecule has 6 nitrogen and oxygen atoms in total. The molecular formula is C23H27ClN2O4. The van der Waals surface area contributed by atoms with Gasteiger partial charge in [0.05, 0.1) is 0 Å². The molecule has 0 radical (unpaired) electrons. The second-order valence-corrected chi connectivity index (χ2v) is 9.18. The number of fused-ring (bicyclic) bond motifs is 1.